The lowest BCUT2D eigenvalue weighted by Gasteiger charge is -2.29. The van der Waals surface area contributed by atoms with Crippen molar-refractivity contribution in [2.24, 2.45) is 24.4 Å². The Labute approximate surface area is 124 Å². The molecule has 1 saturated carbocycles. The van der Waals surface area contributed by atoms with Gasteiger partial charge in [-0.3, -0.25) is 9.59 Å². The van der Waals surface area contributed by atoms with Crippen molar-refractivity contribution < 1.29 is 9.59 Å². The van der Waals surface area contributed by atoms with Crippen LogP contribution in [-0.4, -0.2) is 28.5 Å². The van der Waals surface area contributed by atoms with Crippen LogP contribution in [0.4, 0.5) is 0 Å². The van der Waals surface area contributed by atoms with Crippen LogP contribution in [0.15, 0.2) is 12.3 Å². The maximum Gasteiger partial charge on any atom is 0.268 e. The number of hydrogen-bond donors (Lipinski definition) is 3. The van der Waals surface area contributed by atoms with Gasteiger partial charge in [-0.25, -0.2) is 0 Å². The van der Waals surface area contributed by atoms with Crippen LogP contribution >= 0.6 is 12.4 Å². The summed E-state index contributed by atoms with van der Waals surface area (Å²) in [5, 5.41) is 2.98. The summed E-state index contributed by atoms with van der Waals surface area (Å²) in [7, 11) is 1.71. The zero-order valence-corrected chi connectivity index (χ0v) is 12.5. The van der Waals surface area contributed by atoms with Gasteiger partial charge in [-0.05, 0) is 31.7 Å². The highest BCUT2D eigenvalue weighted by Gasteiger charge is 2.41. The number of hydrogen-bond acceptors (Lipinski definition) is 3. The molecule has 1 fully saturated rings. The first-order valence-corrected chi connectivity index (χ1v) is 6.36. The third-order valence-corrected chi connectivity index (χ3v) is 3.82. The zero-order valence-electron chi connectivity index (χ0n) is 11.7. The minimum Gasteiger partial charge on any atom is -0.366 e. The Hall–Kier alpha value is -1.53. The van der Waals surface area contributed by atoms with Crippen molar-refractivity contribution in [3.63, 3.8) is 0 Å². The summed E-state index contributed by atoms with van der Waals surface area (Å²) in [4.78, 5) is 23.4. The molecule has 0 bridgehead atoms. The van der Waals surface area contributed by atoms with E-state index in [9.17, 15) is 9.59 Å². The lowest BCUT2D eigenvalue weighted by Crippen LogP contribution is -2.53. The summed E-state index contributed by atoms with van der Waals surface area (Å²) >= 11 is 0. The van der Waals surface area contributed by atoms with Crippen molar-refractivity contribution in [1.82, 2.24) is 9.88 Å². The first-order chi connectivity index (χ1) is 8.87. The summed E-state index contributed by atoms with van der Waals surface area (Å²) < 4.78 is 1.60. The topological polar surface area (TPSA) is 103 Å². The second kappa shape index (κ2) is 5.85. The third kappa shape index (κ3) is 3.13. The van der Waals surface area contributed by atoms with Crippen molar-refractivity contribution in [3.8, 4) is 0 Å². The maximum atomic E-state index is 12.3. The van der Waals surface area contributed by atoms with Gasteiger partial charge in [0, 0.05) is 19.8 Å². The SMILES string of the molecule is Cl.Cn1cc(C(N)=O)cc1C(=O)NC(C)(CN)C1CC1. The second-order valence-electron chi connectivity index (χ2n) is 5.44. The fourth-order valence-electron chi connectivity index (χ4n) is 2.29. The lowest BCUT2D eigenvalue weighted by atomic mass is 9.96. The van der Waals surface area contributed by atoms with E-state index in [1.165, 1.54) is 6.07 Å². The quantitative estimate of drug-likeness (QED) is 0.733. The number of aryl methyl sites for hydroxylation is 1. The van der Waals surface area contributed by atoms with Crippen LogP contribution in [-0.2, 0) is 7.05 Å². The van der Waals surface area contributed by atoms with Gasteiger partial charge in [0.05, 0.1) is 11.1 Å². The maximum absolute atomic E-state index is 12.3. The number of amides is 2. The predicted octanol–water partition coefficient (Wildman–Crippen LogP) is 0.403. The van der Waals surface area contributed by atoms with Crippen LogP contribution in [0.2, 0.25) is 0 Å². The molecule has 6 nitrogen and oxygen atoms in total. The van der Waals surface area contributed by atoms with Crippen LogP contribution in [0.25, 0.3) is 0 Å². The molecule has 0 spiro atoms. The average Bonchev–Trinajstić information content (AvgIpc) is 3.12. The van der Waals surface area contributed by atoms with E-state index in [1.54, 1.807) is 17.8 Å². The van der Waals surface area contributed by atoms with Crippen LogP contribution in [0.3, 0.4) is 0 Å². The van der Waals surface area contributed by atoms with Crippen molar-refractivity contribution in [3.05, 3.63) is 23.5 Å². The van der Waals surface area contributed by atoms with Crippen molar-refractivity contribution >= 4 is 24.2 Å². The zero-order chi connectivity index (χ0) is 14.2. The Balaban J connectivity index is 0.00000200. The monoisotopic (exact) mass is 300 g/mol. The van der Waals surface area contributed by atoms with Crippen LogP contribution in [0.5, 0.6) is 0 Å². The van der Waals surface area contributed by atoms with E-state index in [4.69, 9.17) is 11.5 Å². The summed E-state index contributed by atoms with van der Waals surface area (Å²) in [6, 6.07) is 1.50. The molecule has 0 aliphatic heterocycles. The molecule has 1 atom stereocenters. The van der Waals surface area contributed by atoms with E-state index >= 15 is 0 Å². The third-order valence-electron chi connectivity index (χ3n) is 3.82. The molecule has 1 heterocycles. The lowest BCUT2D eigenvalue weighted by molar-refractivity contribution is 0.0889. The number of nitrogens with one attached hydrogen (secondary N) is 1. The highest BCUT2D eigenvalue weighted by molar-refractivity contribution is 5.99. The van der Waals surface area contributed by atoms with Gasteiger partial charge in [0.15, 0.2) is 0 Å². The molecule has 0 radical (unpaired) electrons. The number of rotatable bonds is 5. The van der Waals surface area contributed by atoms with E-state index in [0.29, 0.717) is 23.7 Å². The average molecular weight is 301 g/mol. The van der Waals surface area contributed by atoms with E-state index in [-0.39, 0.29) is 23.9 Å². The molecular weight excluding hydrogens is 280 g/mol. The Bertz CT molecular complexity index is 524. The summed E-state index contributed by atoms with van der Waals surface area (Å²) in [6.07, 6.45) is 3.73. The Kier molecular flexibility index (Phi) is 4.83. The van der Waals surface area contributed by atoms with Gasteiger partial charge < -0.3 is 21.4 Å². The van der Waals surface area contributed by atoms with Crippen molar-refractivity contribution in [2.75, 3.05) is 6.54 Å². The van der Waals surface area contributed by atoms with E-state index < -0.39 is 5.91 Å². The number of halogens is 1. The summed E-state index contributed by atoms with van der Waals surface area (Å²) in [6.45, 7) is 2.36. The molecular formula is C13H21ClN4O2. The second-order valence-corrected chi connectivity index (χ2v) is 5.44. The van der Waals surface area contributed by atoms with E-state index in [2.05, 4.69) is 5.32 Å². The van der Waals surface area contributed by atoms with E-state index in [0.717, 1.165) is 12.8 Å². The van der Waals surface area contributed by atoms with Crippen molar-refractivity contribution in [1.29, 1.82) is 0 Å². The van der Waals surface area contributed by atoms with E-state index in [1.807, 2.05) is 6.92 Å². The predicted molar refractivity (Wildman–Crippen MR) is 78.8 cm³/mol. The number of carbonyl (C=O) groups excluding carboxylic acids is 2. The summed E-state index contributed by atoms with van der Waals surface area (Å²) in [5.41, 5.74) is 11.3. The number of carbonyl (C=O) groups is 2. The number of aromatic nitrogens is 1. The smallest absolute Gasteiger partial charge is 0.268 e. The minimum atomic E-state index is -0.543. The van der Waals surface area contributed by atoms with Crippen LogP contribution in [0.1, 0.15) is 40.6 Å². The molecule has 7 heteroatoms. The largest absolute Gasteiger partial charge is 0.366 e. The molecule has 112 valence electrons. The normalized spacial score (nSPS) is 16.9. The van der Waals surface area contributed by atoms with Gasteiger partial charge in [0.1, 0.15) is 5.69 Å². The Morgan fingerprint density at radius 1 is 1.50 bits per heavy atom. The van der Waals surface area contributed by atoms with Gasteiger partial charge in [0.2, 0.25) is 5.91 Å². The first kappa shape index (κ1) is 16.5. The molecule has 1 aliphatic carbocycles. The minimum absolute atomic E-state index is 0. The number of nitrogens with two attached hydrogens (primary N) is 2. The molecule has 0 saturated heterocycles. The highest BCUT2D eigenvalue weighted by atomic mass is 35.5. The van der Waals surface area contributed by atoms with Gasteiger partial charge in [-0.1, -0.05) is 0 Å². The van der Waals surface area contributed by atoms with Crippen molar-refractivity contribution in [2.45, 2.75) is 25.3 Å². The molecule has 2 rings (SSSR count). The molecule has 1 aliphatic rings. The Morgan fingerprint density at radius 3 is 2.50 bits per heavy atom. The standard InChI is InChI=1S/C13H20N4O2.ClH/c1-13(7-14,9-3-4-9)16-12(19)10-5-8(11(15)18)6-17(10)2;/h5-6,9H,3-4,7,14H2,1-2H3,(H2,15,18)(H,16,19);1H. The fourth-order valence-corrected chi connectivity index (χ4v) is 2.29. The molecule has 0 aromatic carbocycles. The van der Waals surface area contributed by atoms with Gasteiger partial charge in [-0.2, -0.15) is 0 Å². The first-order valence-electron chi connectivity index (χ1n) is 6.36. The molecule has 1 unspecified atom stereocenters. The van der Waals surface area contributed by atoms with Crippen LogP contribution in [0, 0.1) is 5.92 Å². The molecule has 2 amide bonds. The fraction of sp³-hybridized carbons (Fsp3) is 0.538. The van der Waals surface area contributed by atoms with Gasteiger partial charge >= 0.3 is 0 Å². The van der Waals surface area contributed by atoms with Crippen LogP contribution < -0.4 is 16.8 Å². The number of primary amides is 1. The van der Waals surface area contributed by atoms with Gasteiger partial charge in [-0.15, -0.1) is 12.4 Å². The summed E-state index contributed by atoms with van der Waals surface area (Å²) in [5.74, 6) is -0.328. The highest BCUT2D eigenvalue weighted by Crippen LogP contribution is 2.39. The molecule has 1 aromatic heterocycles. The van der Waals surface area contributed by atoms with Gasteiger partial charge in [0.25, 0.3) is 5.91 Å². The number of nitrogens with zero attached hydrogens (tertiary/aromatic N) is 1. The molecule has 20 heavy (non-hydrogen) atoms. The molecule has 5 N–H and O–H groups in total. The Morgan fingerprint density at radius 2 is 2.10 bits per heavy atom. The molecule has 1 aromatic rings.